The minimum absolute atomic E-state index is 0.0211. The molecule has 3 fully saturated rings. The summed E-state index contributed by atoms with van der Waals surface area (Å²) in [7, 11) is 1.56. The van der Waals surface area contributed by atoms with Gasteiger partial charge in [0, 0.05) is 5.56 Å². The molecule has 0 radical (unpaired) electrons. The van der Waals surface area contributed by atoms with Gasteiger partial charge in [-0.2, -0.15) is 0 Å². The summed E-state index contributed by atoms with van der Waals surface area (Å²) >= 11 is 0. The first-order chi connectivity index (χ1) is 13.5. The normalized spacial score (nSPS) is 38.8. The van der Waals surface area contributed by atoms with E-state index in [-0.39, 0.29) is 30.0 Å². The lowest BCUT2D eigenvalue weighted by molar-refractivity contribution is -0.0184. The third-order valence-electron chi connectivity index (χ3n) is 6.63. The number of fused-ring (bicyclic) bond motifs is 1. The lowest BCUT2D eigenvalue weighted by Crippen LogP contribution is -2.21. The predicted octanol–water partition coefficient (Wildman–Crippen LogP) is 3.72. The van der Waals surface area contributed by atoms with Gasteiger partial charge in [0.1, 0.15) is 35.4 Å². The van der Waals surface area contributed by atoms with Crippen LogP contribution in [0.4, 0.5) is 0 Å². The first-order valence-corrected chi connectivity index (χ1v) is 10.1. The fourth-order valence-corrected chi connectivity index (χ4v) is 4.68. The van der Waals surface area contributed by atoms with Crippen molar-refractivity contribution in [3.63, 3.8) is 0 Å². The van der Waals surface area contributed by atoms with Gasteiger partial charge in [0.2, 0.25) is 0 Å². The Hall–Kier alpha value is -1.89. The minimum atomic E-state index is -0.679. The molecular weight excluding hydrogens is 372 g/mol. The first-order valence-electron chi connectivity index (χ1n) is 10.1. The molecule has 0 saturated carbocycles. The van der Waals surface area contributed by atoms with Gasteiger partial charge in [-0.25, -0.2) is 4.79 Å². The van der Waals surface area contributed by atoms with Gasteiger partial charge in [0.15, 0.2) is 5.60 Å². The summed E-state index contributed by atoms with van der Waals surface area (Å²) in [6.07, 6.45) is 4.27. The van der Waals surface area contributed by atoms with Gasteiger partial charge in [0.25, 0.3) is 0 Å². The molecule has 158 valence electrons. The maximum absolute atomic E-state index is 12.2. The fraction of sp³-hybridized carbons (Fsp3) is 0.609. The Morgan fingerprint density at radius 2 is 1.83 bits per heavy atom. The van der Waals surface area contributed by atoms with Crippen LogP contribution in [0.3, 0.4) is 0 Å². The van der Waals surface area contributed by atoms with E-state index < -0.39 is 11.2 Å². The Kier molecular flexibility index (Phi) is 4.61. The zero-order valence-corrected chi connectivity index (χ0v) is 18.4. The summed E-state index contributed by atoms with van der Waals surface area (Å²) in [6, 6.07) is 0. The topological polar surface area (TPSA) is 73.7 Å². The Labute approximate surface area is 171 Å². The van der Waals surface area contributed by atoms with Crippen molar-refractivity contribution in [2.75, 3.05) is 7.11 Å². The molecule has 0 N–H and O–H groups in total. The Morgan fingerprint density at radius 3 is 2.38 bits per heavy atom. The molecule has 3 aliphatic heterocycles. The second-order valence-corrected chi connectivity index (χ2v) is 8.87. The van der Waals surface area contributed by atoms with E-state index in [2.05, 4.69) is 32.9 Å². The van der Waals surface area contributed by atoms with Crippen LogP contribution >= 0.6 is 0 Å². The van der Waals surface area contributed by atoms with Gasteiger partial charge in [0.05, 0.1) is 18.8 Å². The third-order valence-corrected chi connectivity index (χ3v) is 6.63. The van der Waals surface area contributed by atoms with Crippen LogP contribution in [0, 0.1) is 13.8 Å². The molecule has 3 saturated heterocycles. The van der Waals surface area contributed by atoms with E-state index in [0.717, 1.165) is 16.7 Å². The fourth-order valence-electron chi connectivity index (χ4n) is 4.68. The summed E-state index contributed by atoms with van der Waals surface area (Å²) in [5.41, 5.74) is 2.22. The number of rotatable bonds is 5. The smallest absolute Gasteiger partial charge is 0.342 e. The lowest BCUT2D eigenvalue weighted by Gasteiger charge is -2.14. The first kappa shape index (κ1) is 20.4. The van der Waals surface area contributed by atoms with Crippen molar-refractivity contribution in [2.45, 2.75) is 84.1 Å². The van der Waals surface area contributed by atoms with E-state index in [1.165, 1.54) is 0 Å². The molecule has 3 aliphatic rings. The second-order valence-electron chi connectivity index (χ2n) is 8.87. The molecule has 0 aliphatic carbocycles. The van der Waals surface area contributed by atoms with Crippen LogP contribution in [0.15, 0.2) is 32.5 Å². The van der Waals surface area contributed by atoms with E-state index in [9.17, 15) is 4.79 Å². The maximum Gasteiger partial charge on any atom is 0.342 e. The van der Waals surface area contributed by atoms with Crippen LogP contribution in [0.1, 0.15) is 51.5 Å². The number of ether oxygens (including phenoxy) is 4. The van der Waals surface area contributed by atoms with Gasteiger partial charge >= 0.3 is 5.63 Å². The molecular formula is C23H30O6. The Morgan fingerprint density at radius 1 is 1.14 bits per heavy atom. The molecule has 6 nitrogen and oxygen atoms in total. The number of hydrogen-bond donors (Lipinski definition) is 0. The summed E-state index contributed by atoms with van der Waals surface area (Å²) in [4.78, 5) is 12.2. The maximum atomic E-state index is 12.2. The van der Waals surface area contributed by atoms with Gasteiger partial charge in [-0.1, -0.05) is 17.7 Å². The van der Waals surface area contributed by atoms with E-state index in [0.29, 0.717) is 17.1 Å². The molecule has 0 amide bonds. The summed E-state index contributed by atoms with van der Waals surface area (Å²) in [5.74, 6) is 1.09. The van der Waals surface area contributed by atoms with Crippen molar-refractivity contribution in [1.82, 2.24) is 0 Å². The molecule has 0 aromatic carbocycles. The van der Waals surface area contributed by atoms with Gasteiger partial charge in [-0.15, -0.1) is 0 Å². The summed E-state index contributed by atoms with van der Waals surface area (Å²) in [5, 5.41) is 0. The Balaban J connectivity index is 1.55. The molecule has 0 spiro atoms. The molecule has 29 heavy (non-hydrogen) atoms. The van der Waals surface area contributed by atoms with Crippen molar-refractivity contribution in [1.29, 1.82) is 0 Å². The SMILES string of the molecule is COc1c(C)c([C@]2(C)O[C@H]2/C(C)=C/C(C)=C/[C@@H]2O[C@H](C)[C@]3(C)OC23)oc(=O)c1C. The molecule has 1 unspecified atom stereocenters. The molecule has 1 aromatic rings. The van der Waals surface area contributed by atoms with Crippen LogP contribution < -0.4 is 10.4 Å². The van der Waals surface area contributed by atoms with E-state index in [1.807, 2.05) is 20.8 Å². The standard InChI is InChI=1S/C23H30O6/c1-11(10-16-20-22(6,29-20)15(5)26-16)9-12(2)18-23(7,28-18)19-13(3)17(25-8)14(4)21(24)27-19/h9-10,15-16,18,20H,1-8H3/b11-10+,12-9+/t15-,16+,18+,20?,22+,23-/m1/s1. The molecule has 6 heteroatoms. The van der Waals surface area contributed by atoms with Crippen molar-refractivity contribution >= 4 is 0 Å². The third kappa shape index (κ3) is 3.09. The van der Waals surface area contributed by atoms with Gasteiger partial charge < -0.3 is 23.4 Å². The quantitative estimate of drug-likeness (QED) is 0.552. The zero-order valence-electron chi connectivity index (χ0n) is 18.4. The summed E-state index contributed by atoms with van der Waals surface area (Å²) in [6.45, 7) is 13.8. The van der Waals surface area contributed by atoms with Crippen molar-refractivity contribution < 1.29 is 23.4 Å². The van der Waals surface area contributed by atoms with Crippen LogP contribution in [-0.2, 0) is 19.8 Å². The average Bonchev–Trinajstić information content (AvgIpc) is 3.51. The van der Waals surface area contributed by atoms with Crippen molar-refractivity contribution in [2.24, 2.45) is 0 Å². The van der Waals surface area contributed by atoms with Crippen LogP contribution in [0.25, 0.3) is 0 Å². The van der Waals surface area contributed by atoms with Gasteiger partial charge in [-0.3, -0.25) is 0 Å². The van der Waals surface area contributed by atoms with Crippen LogP contribution in [-0.4, -0.2) is 37.1 Å². The monoisotopic (exact) mass is 402 g/mol. The predicted molar refractivity (Wildman–Crippen MR) is 108 cm³/mol. The average molecular weight is 402 g/mol. The van der Waals surface area contributed by atoms with Crippen molar-refractivity contribution in [3.8, 4) is 5.75 Å². The number of hydrogen-bond acceptors (Lipinski definition) is 6. The highest BCUT2D eigenvalue weighted by atomic mass is 16.7. The molecule has 4 heterocycles. The molecule has 4 rings (SSSR count). The van der Waals surface area contributed by atoms with E-state index in [4.69, 9.17) is 23.4 Å². The molecule has 6 atom stereocenters. The van der Waals surface area contributed by atoms with Crippen LogP contribution in [0.2, 0.25) is 0 Å². The lowest BCUT2D eigenvalue weighted by atomic mass is 9.94. The van der Waals surface area contributed by atoms with Crippen molar-refractivity contribution in [3.05, 3.63) is 50.6 Å². The van der Waals surface area contributed by atoms with Crippen LogP contribution in [0.5, 0.6) is 5.75 Å². The van der Waals surface area contributed by atoms with Gasteiger partial charge in [-0.05, 0) is 54.0 Å². The minimum Gasteiger partial charge on any atom is -0.496 e. The molecule has 0 bridgehead atoms. The zero-order chi connectivity index (χ0) is 21.3. The second kappa shape index (κ2) is 6.56. The summed E-state index contributed by atoms with van der Waals surface area (Å²) < 4.78 is 28.9. The Bertz CT molecular complexity index is 972. The highest BCUT2D eigenvalue weighted by Crippen LogP contribution is 2.52. The number of methoxy groups -OCH3 is 1. The molecule has 1 aromatic heterocycles. The van der Waals surface area contributed by atoms with E-state index >= 15 is 0 Å². The number of epoxide rings is 2. The van der Waals surface area contributed by atoms with E-state index in [1.54, 1.807) is 14.0 Å². The highest BCUT2D eigenvalue weighted by molar-refractivity contribution is 5.45. The largest absolute Gasteiger partial charge is 0.496 e. The number of allylic oxidation sites excluding steroid dienone is 2. The highest BCUT2D eigenvalue weighted by Gasteiger charge is 2.66.